The molecule has 128 heavy (non-hydrogen) atoms. The first-order valence-corrected chi connectivity index (χ1v) is 41.5. The second-order valence-corrected chi connectivity index (χ2v) is 31.4. The van der Waals surface area contributed by atoms with E-state index in [4.69, 9.17) is 31.3 Å². The number of hydrogen-bond donors (Lipinski definition) is 4. The van der Waals surface area contributed by atoms with Crippen LogP contribution in [0.5, 0.6) is 0 Å². The maximum Gasteiger partial charge on any atom is 0.416 e. The molecule has 0 aliphatic heterocycles. The predicted octanol–water partition coefficient (Wildman–Crippen LogP) is 20.5. The number of nitrogens with one attached hydrogen (secondary N) is 2. The molecule has 0 aliphatic carbocycles. The van der Waals surface area contributed by atoms with E-state index in [2.05, 4.69) is 150 Å². The molecule has 18 rings (SSSR count). The highest BCUT2D eigenvalue weighted by Crippen LogP contribution is 2.34. The lowest BCUT2D eigenvalue weighted by Crippen LogP contribution is -2.19. The number of rotatable bonds is 15. The Kier molecular flexibility index (Phi) is 28.6. The van der Waals surface area contributed by atoms with Gasteiger partial charge in [-0.3, -0.25) is 14.6 Å². The number of carboxylic acids is 2. The molecule has 0 radical (unpaired) electrons. The Morgan fingerprint density at radius 1 is 0.422 bits per heavy atom. The second-order valence-electron chi connectivity index (χ2n) is 29.2. The third-order valence-electron chi connectivity index (χ3n) is 20.1. The number of H-pyrrole nitrogens is 2. The molecule has 23 heteroatoms. The van der Waals surface area contributed by atoms with E-state index in [-0.39, 0.29) is 23.2 Å². The summed E-state index contributed by atoms with van der Waals surface area (Å²) >= 11 is 2.76. The van der Waals surface area contributed by atoms with Gasteiger partial charge >= 0.3 is 18.1 Å². The average Bonchev–Trinajstić information content (AvgIpc) is 1.66. The Hall–Kier alpha value is -17.0. The molecule has 0 bridgehead atoms. The van der Waals surface area contributed by atoms with Gasteiger partial charge in [-0.1, -0.05) is 201 Å². The number of carbonyl (C=O) groups is 2. The lowest BCUT2D eigenvalue weighted by Gasteiger charge is -2.12. The van der Waals surface area contributed by atoms with Crippen molar-refractivity contribution in [1.29, 1.82) is 21.0 Å². The van der Waals surface area contributed by atoms with E-state index in [9.17, 15) is 32.3 Å². The topological polar surface area (TPSA) is 273 Å². The molecule has 0 amide bonds. The monoisotopic (exact) mass is 1720 g/mol. The third-order valence-corrected chi connectivity index (χ3v) is 21.8. The molecule has 0 saturated carbocycles. The Balaban J connectivity index is 0.000000133. The van der Waals surface area contributed by atoms with Crippen LogP contribution in [0.25, 0.3) is 121 Å². The molecule has 0 unspecified atom stereocenters. The van der Waals surface area contributed by atoms with Crippen LogP contribution in [0.1, 0.15) is 69.5 Å². The van der Waals surface area contributed by atoms with Crippen LogP contribution in [0.15, 0.2) is 348 Å². The fourth-order valence-electron chi connectivity index (χ4n) is 14.4. The fraction of sp³-hybridized carbons (Fsp3) is 0.0571. The van der Waals surface area contributed by atoms with Gasteiger partial charge in [0.2, 0.25) is 0 Å². The Morgan fingerprint density at radius 2 is 0.758 bits per heavy atom. The molecule has 0 spiro atoms. The maximum atomic E-state index is 13.1. The van der Waals surface area contributed by atoms with Crippen molar-refractivity contribution in [2.75, 3.05) is 0 Å². The standard InChI is InChI=1S/C21H15F3N2O2.C19H14N2O2.2C19H14N2OS.C18H14N2.C9H8N2/c1-13-6-14(8-17(7-13)21(22,23)24)11-26-12-16(9-15(10-25)20(27)28)18-4-2-3-5-19(18)26;20-11-15(19(22)23)10-16-13-21(12-14-6-2-1-3-7-14)18-9-5-4-8-17(16)18;2*1-13-20-19(22)18(23-13)11-14-12-21(15-7-3-2-4-8-15)17-10-6-5-9-16(14)17;1-14(12-19)11-15-13-20(16-7-3-2-4-8-16)18-10-6-5-9-17(15)18;1-8(7-10)6-9-2-4-11-5-3-9/h2-9,12H,11H2,1H3,(H,27,28);1-10,13H,12H2,(H,22,23);2*2-12H,1H2,(H,20,22);2-11,13H,1H3;2-6H,1H3/b15-9+;15-10+;2*18-11-;14-11+;8-6-. The van der Waals surface area contributed by atoms with Crippen LogP contribution in [0.4, 0.5) is 13.2 Å². The number of aryl methyl sites for hydroxylation is 1. The molecule has 8 heterocycles. The number of halogens is 3. The van der Waals surface area contributed by atoms with Crippen LogP contribution < -0.4 is 29.5 Å². The van der Waals surface area contributed by atoms with Crippen molar-refractivity contribution in [3.63, 3.8) is 0 Å². The number of nitrogens with zero attached hydrogens (tertiary/aromatic N) is 10. The van der Waals surface area contributed by atoms with Gasteiger partial charge in [0.15, 0.2) is 0 Å². The molecule has 8 aromatic heterocycles. The largest absolute Gasteiger partial charge is 0.477 e. The fourth-order valence-corrected chi connectivity index (χ4v) is 15.8. The third kappa shape index (κ3) is 22.1. The number of hydrogen-bond acceptors (Lipinski definition) is 11. The SMILES string of the molecule is C/C(C#N)=C/c1ccncc1.C/C(C#N)=C\c1cn(-c2ccccc2)c2ccccc12.C=c1[nH]c(=O)/c(=C/c2cn(-c3ccccc3)c3ccccc23)s1.C=c1[nH]c(=O)/c(=C/c2cn(-c3ccccc3)c3ccccc23)s1.Cc1cc(Cn2cc(/C=C(\C#N)C(=O)O)c3ccccc32)cc(C(F)(F)F)c1.N#C/C(=C\c1cn(Cc2ccccc2)c2ccccc12)C(=O)O. The first-order chi connectivity index (χ1) is 61.9. The maximum absolute atomic E-state index is 13.1. The van der Waals surface area contributed by atoms with Crippen molar-refractivity contribution >= 4 is 139 Å². The molecular weight excluding hydrogens is 1650 g/mol. The molecule has 0 atom stereocenters. The van der Waals surface area contributed by atoms with Gasteiger partial charge in [-0.15, -0.1) is 22.7 Å². The molecular formula is C105H79F3N12O6S2. The van der Waals surface area contributed by atoms with Crippen LogP contribution in [-0.4, -0.2) is 59.9 Å². The molecule has 0 aliphatic rings. The number of para-hydroxylation sites is 8. The highest BCUT2D eigenvalue weighted by atomic mass is 32.1. The van der Waals surface area contributed by atoms with Gasteiger partial charge in [-0.2, -0.15) is 34.2 Å². The van der Waals surface area contributed by atoms with E-state index in [1.54, 1.807) is 79.5 Å². The van der Waals surface area contributed by atoms with E-state index in [1.165, 1.54) is 34.8 Å². The van der Waals surface area contributed by atoms with Gasteiger partial charge < -0.3 is 43.0 Å². The number of thiazole rings is 2. The Labute approximate surface area is 740 Å². The number of aromatic nitrogens is 8. The number of aromatic amines is 2. The number of allylic oxidation sites excluding steroid dienone is 2. The van der Waals surface area contributed by atoms with Crippen molar-refractivity contribution in [3.05, 3.63) is 433 Å². The number of carboxylic acid groups (broad SMARTS) is 2. The molecule has 18 aromatic rings. The second kappa shape index (κ2) is 41.3. The normalized spacial score (nSPS) is 11.8. The zero-order valence-corrected chi connectivity index (χ0v) is 70.9. The first-order valence-electron chi connectivity index (χ1n) is 39.8. The van der Waals surface area contributed by atoms with Crippen molar-refractivity contribution in [1.82, 2.24) is 37.8 Å². The molecule has 18 nitrogen and oxygen atoms in total. The van der Waals surface area contributed by atoms with E-state index < -0.39 is 29.3 Å². The first kappa shape index (κ1) is 88.8. The van der Waals surface area contributed by atoms with Crippen LogP contribution in [-0.2, 0) is 28.9 Å². The zero-order chi connectivity index (χ0) is 90.4. The number of benzene rings is 10. The van der Waals surface area contributed by atoms with Crippen molar-refractivity contribution in [2.24, 2.45) is 0 Å². The highest BCUT2D eigenvalue weighted by Gasteiger charge is 2.31. The van der Waals surface area contributed by atoms with Gasteiger partial charge in [0, 0.05) is 150 Å². The molecule has 4 N–H and O–H groups in total. The summed E-state index contributed by atoms with van der Waals surface area (Å²) < 4.78 is 52.3. The van der Waals surface area contributed by atoms with Crippen molar-refractivity contribution < 1.29 is 33.0 Å². The van der Waals surface area contributed by atoms with Gasteiger partial charge in [0.1, 0.15) is 23.3 Å². The minimum atomic E-state index is -4.43. The summed E-state index contributed by atoms with van der Waals surface area (Å²) in [4.78, 5) is 55.4. The van der Waals surface area contributed by atoms with Gasteiger partial charge in [0.05, 0.1) is 52.6 Å². The number of pyridine rings is 1. The van der Waals surface area contributed by atoms with Crippen molar-refractivity contribution in [2.45, 2.75) is 40.0 Å². The van der Waals surface area contributed by atoms with E-state index in [0.29, 0.717) is 58.2 Å². The van der Waals surface area contributed by atoms with Crippen molar-refractivity contribution in [3.8, 4) is 41.3 Å². The van der Waals surface area contributed by atoms with Gasteiger partial charge in [-0.25, -0.2) is 9.59 Å². The van der Waals surface area contributed by atoms with Crippen LogP contribution in [0.3, 0.4) is 0 Å². The summed E-state index contributed by atoms with van der Waals surface area (Å²) in [5, 5.41) is 58.6. The van der Waals surface area contributed by atoms with E-state index in [1.807, 2.05) is 195 Å². The Bertz CT molecular complexity index is 7630. The smallest absolute Gasteiger partial charge is 0.416 e. The van der Waals surface area contributed by atoms with Gasteiger partial charge in [0.25, 0.3) is 11.1 Å². The number of alkyl halides is 3. The van der Waals surface area contributed by atoms with Crippen LogP contribution in [0, 0.1) is 52.2 Å². The quantitative estimate of drug-likeness (QED) is 0.0553. The average molecular weight is 1730 g/mol. The van der Waals surface area contributed by atoms with E-state index >= 15 is 0 Å². The summed E-state index contributed by atoms with van der Waals surface area (Å²) in [5.41, 5.74) is 15.8. The summed E-state index contributed by atoms with van der Waals surface area (Å²) in [5.74, 6) is -2.56. The highest BCUT2D eigenvalue weighted by molar-refractivity contribution is 7.07. The summed E-state index contributed by atoms with van der Waals surface area (Å²) in [6, 6.07) is 95.4. The van der Waals surface area contributed by atoms with Gasteiger partial charge in [-0.05, 0) is 165 Å². The molecule has 0 saturated heterocycles. The Morgan fingerprint density at radius 3 is 1.12 bits per heavy atom. The van der Waals surface area contributed by atoms with E-state index in [0.717, 1.165) is 112 Å². The zero-order valence-electron chi connectivity index (χ0n) is 69.3. The predicted molar refractivity (Wildman–Crippen MR) is 506 cm³/mol. The summed E-state index contributed by atoms with van der Waals surface area (Å²) in [7, 11) is 0. The summed E-state index contributed by atoms with van der Waals surface area (Å²) in [6.07, 6.45) is 19.0. The van der Waals surface area contributed by atoms with Crippen LogP contribution >= 0.6 is 22.7 Å². The number of aliphatic carboxylic acids is 2. The summed E-state index contributed by atoms with van der Waals surface area (Å²) in [6.45, 7) is 13.7. The lowest BCUT2D eigenvalue weighted by atomic mass is 10.1. The molecule has 10 aromatic carbocycles. The molecule has 628 valence electrons. The minimum absolute atomic E-state index is 0.0865. The number of fused-ring (bicyclic) bond motifs is 5. The lowest BCUT2D eigenvalue weighted by molar-refractivity contribution is -0.137. The van der Waals surface area contributed by atoms with Crippen LogP contribution in [0.2, 0.25) is 0 Å². The number of nitriles is 4. The minimum Gasteiger partial charge on any atom is -0.477 e. The molecule has 0 fully saturated rings.